The van der Waals surface area contributed by atoms with Gasteiger partial charge in [0.05, 0.1) is 6.42 Å². The van der Waals surface area contributed by atoms with Crippen molar-refractivity contribution in [2.45, 2.75) is 271 Å². The number of ether oxygens (including phenoxy) is 3. The molecule has 0 fully saturated rings. The molecule has 6 heteroatoms. The summed E-state index contributed by atoms with van der Waals surface area (Å²) < 4.78 is 16.7. The van der Waals surface area contributed by atoms with E-state index in [1.807, 2.05) is 6.08 Å². The van der Waals surface area contributed by atoms with Gasteiger partial charge in [0.15, 0.2) is 6.10 Å². The van der Waals surface area contributed by atoms with Gasteiger partial charge in [-0.25, -0.2) is 0 Å². The topological polar surface area (TPSA) is 78.9 Å². The molecule has 0 saturated carbocycles. The largest absolute Gasteiger partial charge is 0.462 e. The second-order valence-corrected chi connectivity index (χ2v) is 19.2. The Hall–Kier alpha value is -3.93. The van der Waals surface area contributed by atoms with Crippen LogP contribution in [-0.4, -0.2) is 37.2 Å². The molecule has 6 nitrogen and oxygen atoms in total. The van der Waals surface area contributed by atoms with E-state index >= 15 is 0 Å². The summed E-state index contributed by atoms with van der Waals surface area (Å²) in [5, 5.41) is 0. The molecule has 0 bridgehead atoms. The molecule has 0 amide bonds. The van der Waals surface area contributed by atoms with Crippen molar-refractivity contribution in [1.82, 2.24) is 0 Å². The fourth-order valence-corrected chi connectivity index (χ4v) is 7.98. The summed E-state index contributed by atoms with van der Waals surface area (Å²) in [6.45, 7) is 6.31. The predicted octanol–water partition coefficient (Wildman–Crippen LogP) is 19.9. The normalized spacial score (nSPS) is 12.9. The summed E-state index contributed by atoms with van der Waals surface area (Å²) in [5.74, 6) is -1.10. The molecule has 71 heavy (non-hydrogen) atoms. The monoisotopic (exact) mass is 985 g/mol. The molecule has 1 unspecified atom stereocenters. The molecule has 0 aromatic heterocycles. The van der Waals surface area contributed by atoms with Crippen LogP contribution in [0.1, 0.15) is 265 Å². The van der Waals surface area contributed by atoms with Crippen LogP contribution in [0.2, 0.25) is 0 Å². The van der Waals surface area contributed by atoms with Gasteiger partial charge < -0.3 is 14.2 Å². The van der Waals surface area contributed by atoms with Crippen LogP contribution in [0.5, 0.6) is 0 Å². The maximum Gasteiger partial charge on any atom is 0.310 e. The highest BCUT2D eigenvalue weighted by molar-refractivity contribution is 5.72. The number of hydrogen-bond donors (Lipinski definition) is 0. The first-order valence-corrected chi connectivity index (χ1v) is 29.4. The molecule has 0 aromatic carbocycles. The van der Waals surface area contributed by atoms with E-state index in [9.17, 15) is 14.4 Å². The molecule has 0 aromatic rings. The molecule has 0 spiro atoms. The van der Waals surface area contributed by atoms with Crippen molar-refractivity contribution < 1.29 is 28.6 Å². The van der Waals surface area contributed by atoms with Crippen LogP contribution in [0, 0.1) is 0 Å². The molecule has 1 atom stereocenters. The maximum absolute atomic E-state index is 12.8. The third kappa shape index (κ3) is 56.9. The first-order chi connectivity index (χ1) is 35.0. The molecule has 0 aliphatic rings. The van der Waals surface area contributed by atoms with Gasteiger partial charge in [-0.2, -0.15) is 0 Å². The second kappa shape index (κ2) is 58.6. The van der Waals surface area contributed by atoms with Gasteiger partial charge in [-0.3, -0.25) is 14.4 Å². The molecule has 0 aliphatic heterocycles. The first-order valence-electron chi connectivity index (χ1n) is 29.4. The summed E-state index contributed by atoms with van der Waals surface area (Å²) in [7, 11) is 0. The predicted molar refractivity (Wildman–Crippen MR) is 307 cm³/mol. The number of hydrogen-bond acceptors (Lipinski definition) is 6. The summed E-state index contributed by atoms with van der Waals surface area (Å²) in [5.41, 5.74) is 0. The summed E-state index contributed by atoms with van der Waals surface area (Å²) >= 11 is 0. The van der Waals surface area contributed by atoms with Gasteiger partial charge in [0.25, 0.3) is 0 Å². The van der Waals surface area contributed by atoms with Crippen LogP contribution in [0.25, 0.3) is 0 Å². The summed E-state index contributed by atoms with van der Waals surface area (Å²) in [6, 6.07) is 0. The number of esters is 3. The maximum atomic E-state index is 12.8. The average Bonchev–Trinajstić information content (AvgIpc) is 3.37. The fourth-order valence-electron chi connectivity index (χ4n) is 7.98. The third-order valence-electron chi connectivity index (χ3n) is 12.3. The standard InChI is InChI=1S/C65H108O6/c1-4-7-10-13-16-19-22-25-28-29-30-31-32-33-34-35-38-40-43-46-49-52-55-58-64(67)70-61-62(71-65(68)59-56-53-50-47-44-41-37-27-24-21-18-15-12-9-6-3)60-69-63(66)57-54-51-48-45-42-39-36-26-23-20-17-14-11-8-5-2/h8-9,11-12,17-18,20-21,26-27,36-37,42,44-45,47,53,56,62H,4-7,10,13-16,19,22-25,28-35,38-41,43,46,48-52,54-55,57-61H2,1-3H3/b11-8-,12-9-,20-17-,21-18-,36-26-,37-27-,45-42-,47-44-,56-53-. The van der Waals surface area contributed by atoms with Crippen molar-refractivity contribution in [1.29, 1.82) is 0 Å². The Labute approximate surface area is 438 Å². The van der Waals surface area contributed by atoms with Gasteiger partial charge in [0.2, 0.25) is 0 Å². The molecule has 0 heterocycles. The van der Waals surface area contributed by atoms with Gasteiger partial charge in [-0.15, -0.1) is 0 Å². The van der Waals surface area contributed by atoms with Crippen molar-refractivity contribution in [3.8, 4) is 0 Å². The van der Waals surface area contributed by atoms with Crippen molar-refractivity contribution in [3.05, 3.63) is 109 Å². The Morgan fingerprint density at radius 1 is 0.310 bits per heavy atom. The number of carbonyl (C=O) groups is 3. The minimum Gasteiger partial charge on any atom is -0.462 e. The minimum absolute atomic E-state index is 0.0860. The van der Waals surface area contributed by atoms with Gasteiger partial charge in [-0.05, 0) is 83.5 Å². The van der Waals surface area contributed by atoms with Gasteiger partial charge in [0, 0.05) is 12.8 Å². The lowest BCUT2D eigenvalue weighted by atomic mass is 10.0. The van der Waals surface area contributed by atoms with Crippen molar-refractivity contribution in [2.75, 3.05) is 13.2 Å². The lowest BCUT2D eigenvalue weighted by Gasteiger charge is -2.18. The summed E-state index contributed by atoms with van der Waals surface area (Å²) in [6.07, 6.45) is 79.8. The smallest absolute Gasteiger partial charge is 0.310 e. The van der Waals surface area contributed by atoms with E-state index in [0.29, 0.717) is 19.3 Å². The highest BCUT2D eigenvalue weighted by Crippen LogP contribution is 2.16. The quantitative estimate of drug-likeness (QED) is 0.0261. The average molecular weight is 986 g/mol. The SMILES string of the molecule is CC/C=C\C/C=C\C/C=C\C/C=C\C/C=C\CC(=O)OC(COC(=O)CCCC/C=C\C/C=C\C/C=C\C/C=C\CC)COC(=O)CCCCCCCCCCCCCCCCCCCCCCCCC. The molecule has 0 radical (unpaired) electrons. The van der Waals surface area contributed by atoms with E-state index in [-0.39, 0.29) is 38.0 Å². The highest BCUT2D eigenvalue weighted by Gasteiger charge is 2.19. The lowest BCUT2D eigenvalue weighted by molar-refractivity contribution is -0.166. The van der Waals surface area contributed by atoms with Gasteiger partial charge in [-0.1, -0.05) is 271 Å². The van der Waals surface area contributed by atoms with E-state index in [0.717, 1.165) is 83.5 Å². The van der Waals surface area contributed by atoms with E-state index < -0.39 is 12.1 Å². The molecule has 0 N–H and O–H groups in total. The van der Waals surface area contributed by atoms with Crippen LogP contribution in [-0.2, 0) is 28.6 Å². The van der Waals surface area contributed by atoms with Crippen molar-refractivity contribution >= 4 is 17.9 Å². The minimum atomic E-state index is -0.850. The molecular weight excluding hydrogens is 877 g/mol. The number of allylic oxidation sites excluding steroid dienone is 17. The van der Waals surface area contributed by atoms with E-state index in [1.165, 1.54) is 128 Å². The molecular formula is C65H108O6. The zero-order valence-corrected chi connectivity index (χ0v) is 46.2. The molecule has 0 saturated heterocycles. The fraction of sp³-hybridized carbons (Fsp3) is 0.677. The zero-order valence-electron chi connectivity index (χ0n) is 46.2. The molecule has 0 rings (SSSR count). The number of rotatable bonds is 52. The summed E-state index contributed by atoms with van der Waals surface area (Å²) in [4.78, 5) is 38.1. The van der Waals surface area contributed by atoms with Crippen molar-refractivity contribution in [2.24, 2.45) is 0 Å². The van der Waals surface area contributed by atoms with E-state index in [1.54, 1.807) is 6.08 Å². The first kappa shape index (κ1) is 67.1. The molecule has 0 aliphatic carbocycles. The van der Waals surface area contributed by atoms with Crippen molar-refractivity contribution in [3.63, 3.8) is 0 Å². The van der Waals surface area contributed by atoms with Gasteiger partial charge >= 0.3 is 17.9 Å². The second-order valence-electron chi connectivity index (χ2n) is 19.2. The molecule has 404 valence electrons. The Morgan fingerprint density at radius 3 is 0.930 bits per heavy atom. The van der Waals surface area contributed by atoms with E-state index in [4.69, 9.17) is 14.2 Å². The Bertz CT molecular complexity index is 1460. The lowest BCUT2D eigenvalue weighted by Crippen LogP contribution is -2.30. The number of carbonyl (C=O) groups excluding carboxylic acids is 3. The van der Waals surface area contributed by atoms with Crippen LogP contribution in [0.4, 0.5) is 0 Å². The Kier molecular flexibility index (Phi) is 55.4. The number of unbranched alkanes of at least 4 members (excludes halogenated alkanes) is 24. The van der Waals surface area contributed by atoms with E-state index in [2.05, 4.69) is 118 Å². The van der Waals surface area contributed by atoms with Crippen LogP contribution >= 0.6 is 0 Å². The van der Waals surface area contributed by atoms with Gasteiger partial charge in [0.1, 0.15) is 13.2 Å². The van der Waals surface area contributed by atoms with Crippen LogP contribution < -0.4 is 0 Å². The van der Waals surface area contributed by atoms with Crippen LogP contribution in [0.3, 0.4) is 0 Å². The zero-order chi connectivity index (χ0) is 51.4. The third-order valence-corrected chi connectivity index (χ3v) is 12.3. The van der Waals surface area contributed by atoms with Crippen LogP contribution in [0.15, 0.2) is 109 Å². The Balaban J connectivity index is 4.43. The Morgan fingerprint density at radius 2 is 0.592 bits per heavy atom. The highest BCUT2D eigenvalue weighted by atomic mass is 16.6.